The first kappa shape index (κ1) is 15.4. The molecule has 0 heterocycles. The lowest BCUT2D eigenvalue weighted by Crippen LogP contribution is -2.42. The normalized spacial score (nSPS) is 19.8. The van der Waals surface area contributed by atoms with Gasteiger partial charge in [0.05, 0.1) is 12.1 Å². The summed E-state index contributed by atoms with van der Waals surface area (Å²) < 4.78 is 19.0. The van der Waals surface area contributed by atoms with Crippen LogP contribution in [-0.2, 0) is 4.74 Å². The molecule has 2 atom stereocenters. The average molecular weight is 280 g/mol. The first-order valence-corrected chi connectivity index (χ1v) is 7.42. The summed E-state index contributed by atoms with van der Waals surface area (Å²) in [6.07, 6.45) is 6.20. The van der Waals surface area contributed by atoms with Gasteiger partial charge in [-0.15, -0.1) is 0 Å². The lowest BCUT2D eigenvalue weighted by molar-refractivity contribution is 0.00733. The molecular formula is C16H25FN2O. The highest BCUT2D eigenvalue weighted by molar-refractivity contribution is 5.30. The van der Waals surface area contributed by atoms with Gasteiger partial charge in [0.25, 0.3) is 0 Å². The quantitative estimate of drug-likeness (QED) is 0.643. The van der Waals surface area contributed by atoms with Crippen LogP contribution in [0.5, 0.6) is 0 Å². The van der Waals surface area contributed by atoms with Crippen molar-refractivity contribution >= 4 is 0 Å². The molecule has 0 amide bonds. The van der Waals surface area contributed by atoms with Gasteiger partial charge in [0.15, 0.2) is 0 Å². The summed E-state index contributed by atoms with van der Waals surface area (Å²) in [5.74, 6) is 6.07. The highest BCUT2D eigenvalue weighted by atomic mass is 19.1. The molecule has 0 saturated heterocycles. The van der Waals surface area contributed by atoms with Crippen LogP contribution in [0.15, 0.2) is 18.2 Å². The van der Waals surface area contributed by atoms with Gasteiger partial charge in [-0.05, 0) is 48.9 Å². The fourth-order valence-electron chi connectivity index (χ4n) is 3.41. The van der Waals surface area contributed by atoms with Crippen molar-refractivity contribution in [2.75, 3.05) is 7.11 Å². The minimum absolute atomic E-state index is 0.0319. The monoisotopic (exact) mass is 280 g/mol. The van der Waals surface area contributed by atoms with Crippen molar-refractivity contribution in [3.05, 3.63) is 35.1 Å². The number of aryl methyl sites for hydroxylation is 1. The second-order valence-corrected chi connectivity index (χ2v) is 5.74. The van der Waals surface area contributed by atoms with Gasteiger partial charge in [-0.25, -0.2) is 4.39 Å². The number of nitrogens with two attached hydrogens (primary N) is 1. The molecule has 4 heteroatoms. The van der Waals surface area contributed by atoms with Crippen LogP contribution in [0, 0.1) is 18.7 Å². The maximum Gasteiger partial charge on any atom is 0.123 e. The van der Waals surface area contributed by atoms with Crippen LogP contribution in [0.2, 0.25) is 0 Å². The smallest absolute Gasteiger partial charge is 0.123 e. The number of halogens is 1. The molecule has 1 aromatic carbocycles. The number of hydrazine groups is 1. The summed E-state index contributed by atoms with van der Waals surface area (Å²) in [5.41, 5.74) is 4.81. The Morgan fingerprint density at radius 1 is 1.30 bits per heavy atom. The Bertz CT molecular complexity index is 432. The van der Waals surface area contributed by atoms with Crippen molar-refractivity contribution < 1.29 is 9.13 Å². The Kier molecular flexibility index (Phi) is 5.52. The van der Waals surface area contributed by atoms with Crippen LogP contribution >= 0.6 is 0 Å². The van der Waals surface area contributed by atoms with E-state index in [2.05, 4.69) is 5.43 Å². The second kappa shape index (κ2) is 7.16. The minimum Gasteiger partial charge on any atom is -0.379 e. The zero-order valence-corrected chi connectivity index (χ0v) is 12.4. The maximum absolute atomic E-state index is 13.3. The SMILES string of the molecule is COC(C1CCCCC1)C(NN)c1ccc(F)cc1C. The van der Waals surface area contributed by atoms with E-state index in [0.29, 0.717) is 5.92 Å². The van der Waals surface area contributed by atoms with Crippen LogP contribution < -0.4 is 11.3 Å². The van der Waals surface area contributed by atoms with E-state index in [1.807, 2.05) is 13.0 Å². The largest absolute Gasteiger partial charge is 0.379 e. The van der Waals surface area contributed by atoms with Gasteiger partial charge in [-0.1, -0.05) is 25.3 Å². The lowest BCUT2D eigenvalue weighted by Gasteiger charge is -2.35. The summed E-state index contributed by atoms with van der Waals surface area (Å²) in [7, 11) is 1.74. The molecule has 0 aliphatic heterocycles. The third kappa shape index (κ3) is 3.37. The molecule has 0 spiro atoms. The molecule has 1 fully saturated rings. The average Bonchev–Trinajstić information content (AvgIpc) is 2.46. The van der Waals surface area contributed by atoms with Gasteiger partial charge in [0, 0.05) is 7.11 Å². The molecule has 112 valence electrons. The number of hydrogen-bond acceptors (Lipinski definition) is 3. The standard InChI is InChI=1S/C16H25FN2O/c1-11-10-13(17)8-9-14(11)15(19-18)16(20-2)12-6-4-3-5-7-12/h8-10,12,15-16,19H,3-7,18H2,1-2H3. The van der Waals surface area contributed by atoms with E-state index in [1.165, 1.54) is 38.2 Å². The van der Waals surface area contributed by atoms with Crippen LogP contribution in [0.1, 0.15) is 49.3 Å². The van der Waals surface area contributed by atoms with Crippen molar-refractivity contribution in [2.45, 2.75) is 51.2 Å². The zero-order chi connectivity index (χ0) is 14.5. The van der Waals surface area contributed by atoms with Crippen molar-refractivity contribution in [2.24, 2.45) is 11.8 Å². The number of benzene rings is 1. The predicted octanol–water partition coefficient (Wildman–Crippen LogP) is 3.23. The number of ether oxygens (including phenoxy) is 1. The van der Waals surface area contributed by atoms with Crippen LogP contribution in [0.4, 0.5) is 4.39 Å². The summed E-state index contributed by atoms with van der Waals surface area (Å²) >= 11 is 0. The van der Waals surface area contributed by atoms with Crippen molar-refractivity contribution in [3.63, 3.8) is 0 Å². The Morgan fingerprint density at radius 3 is 2.55 bits per heavy atom. The third-order valence-electron chi connectivity index (χ3n) is 4.46. The van der Waals surface area contributed by atoms with Gasteiger partial charge in [-0.3, -0.25) is 11.3 Å². The Labute approximate surface area is 120 Å². The molecule has 1 saturated carbocycles. The van der Waals surface area contributed by atoms with E-state index in [0.717, 1.165) is 11.1 Å². The van der Waals surface area contributed by atoms with E-state index < -0.39 is 0 Å². The van der Waals surface area contributed by atoms with E-state index in [-0.39, 0.29) is 18.0 Å². The van der Waals surface area contributed by atoms with Gasteiger partial charge in [-0.2, -0.15) is 0 Å². The molecule has 1 aromatic rings. The Morgan fingerprint density at radius 2 is 2.00 bits per heavy atom. The highest BCUT2D eigenvalue weighted by Gasteiger charge is 2.31. The highest BCUT2D eigenvalue weighted by Crippen LogP contribution is 2.34. The summed E-state index contributed by atoms with van der Waals surface area (Å²) in [6.45, 7) is 1.91. The molecule has 1 aliphatic rings. The van der Waals surface area contributed by atoms with Crippen molar-refractivity contribution in [1.82, 2.24) is 5.43 Å². The first-order chi connectivity index (χ1) is 9.67. The van der Waals surface area contributed by atoms with E-state index in [4.69, 9.17) is 10.6 Å². The Hall–Kier alpha value is -0.970. The molecule has 0 aromatic heterocycles. The third-order valence-corrected chi connectivity index (χ3v) is 4.46. The molecule has 0 bridgehead atoms. The summed E-state index contributed by atoms with van der Waals surface area (Å²) in [6, 6.07) is 4.75. The van der Waals surface area contributed by atoms with Gasteiger partial charge >= 0.3 is 0 Å². The zero-order valence-electron chi connectivity index (χ0n) is 12.4. The van der Waals surface area contributed by atoms with Gasteiger partial charge < -0.3 is 4.74 Å². The molecule has 2 unspecified atom stereocenters. The minimum atomic E-state index is -0.214. The molecule has 3 N–H and O–H groups in total. The summed E-state index contributed by atoms with van der Waals surface area (Å²) in [4.78, 5) is 0. The number of hydrogen-bond donors (Lipinski definition) is 2. The first-order valence-electron chi connectivity index (χ1n) is 7.42. The molecular weight excluding hydrogens is 255 g/mol. The Balaban J connectivity index is 2.23. The fraction of sp³-hybridized carbons (Fsp3) is 0.625. The van der Waals surface area contributed by atoms with Crippen molar-refractivity contribution in [1.29, 1.82) is 0 Å². The number of rotatable bonds is 5. The van der Waals surface area contributed by atoms with E-state index >= 15 is 0 Å². The van der Waals surface area contributed by atoms with Crippen LogP contribution in [0.25, 0.3) is 0 Å². The molecule has 0 radical (unpaired) electrons. The molecule has 2 rings (SSSR count). The lowest BCUT2D eigenvalue weighted by atomic mass is 9.80. The van der Waals surface area contributed by atoms with E-state index in [1.54, 1.807) is 13.2 Å². The maximum atomic E-state index is 13.3. The molecule has 20 heavy (non-hydrogen) atoms. The van der Waals surface area contributed by atoms with Crippen LogP contribution in [0.3, 0.4) is 0 Å². The second-order valence-electron chi connectivity index (χ2n) is 5.74. The summed E-state index contributed by atoms with van der Waals surface area (Å²) in [5, 5.41) is 0. The van der Waals surface area contributed by atoms with E-state index in [9.17, 15) is 4.39 Å². The molecule has 3 nitrogen and oxygen atoms in total. The predicted molar refractivity (Wildman–Crippen MR) is 78.6 cm³/mol. The van der Waals surface area contributed by atoms with Gasteiger partial charge in [0.1, 0.15) is 5.82 Å². The number of nitrogens with one attached hydrogen (secondary N) is 1. The van der Waals surface area contributed by atoms with Crippen LogP contribution in [-0.4, -0.2) is 13.2 Å². The van der Waals surface area contributed by atoms with Crippen molar-refractivity contribution in [3.8, 4) is 0 Å². The number of methoxy groups -OCH3 is 1. The fourth-order valence-corrected chi connectivity index (χ4v) is 3.41. The van der Waals surface area contributed by atoms with Gasteiger partial charge in [0.2, 0.25) is 0 Å². The topological polar surface area (TPSA) is 47.3 Å². The molecule has 1 aliphatic carbocycles.